The highest BCUT2D eigenvalue weighted by Gasteiger charge is 2.55. The topological polar surface area (TPSA) is 75.4 Å². The number of carbonyl (C=O) groups is 1. The van der Waals surface area contributed by atoms with Gasteiger partial charge in [-0.3, -0.25) is 4.79 Å². The highest BCUT2D eigenvalue weighted by Crippen LogP contribution is 2.50. The number of carbonyl (C=O) groups excluding carboxylic acids is 1. The Bertz CT molecular complexity index is 818. The number of aromatic nitrogens is 3. The number of pyridine rings is 1. The number of likely N-dealkylation sites (tertiary alicyclic amines) is 1. The Morgan fingerprint density at radius 1 is 1.42 bits per heavy atom. The van der Waals surface area contributed by atoms with E-state index in [4.69, 9.17) is 4.42 Å². The van der Waals surface area contributed by atoms with E-state index < -0.39 is 0 Å². The Morgan fingerprint density at radius 3 is 3.00 bits per heavy atom. The van der Waals surface area contributed by atoms with Crippen molar-refractivity contribution >= 4 is 11.7 Å². The fourth-order valence-corrected chi connectivity index (χ4v) is 4.48. The maximum atomic E-state index is 13.2. The summed E-state index contributed by atoms with van der Waals surface area (Å²) < 4.78 is 5.94. The van der Waals surface area contributed by atoms with Gasteiger partial charge in [-0.15, -0.1) is 10.2 Å². The zero-order valence-electron chi connectivity index (χ0n) is 15.6. The normalized spacial score (nSPS) is 24.7. The second-order valence-corrected chi connectivity index (χ2v) is 7.55. The molecule has 26 heavy (non-hydrogen) atoms. The van der Waals surface area contributed by atoms with Crippen molar-refractivity contribution in [2.45, 2.75) is 38.0 Å². The molecule has 0 N–H and O–H groups in total. The third-order valence-electron chi connectivity index (χ3n) is 5.79. The Labute approximate surface area is 153 Å². The fraction of sp³-hybridized carbons (Fsp3) is 0.579. The van der Waals surface area contributed by atoms with Crippen LogP contribution in [0.2, 0.25) is 0 Å². The summed E-state index contributed by atoms with van der Waals surface area (Å²) in [6.45, 7) is 3.39. The standard InChI is InChI=1S/C19H25N5O2/c1-4-15-21-22-18(26-15)19-9-5-7-13(19)11-24(12-19)17(25)14-8-6-10-20-16(14)23(2)3/h6,8,10,13H,4-5,7,9,11-12H2,1-3H3/t13-,19-/m0/s1. The van der Waals surface area contributed by atoms with Crippen molar-refractivity contribution in [1.29, 1.82) is 0 Å². The van der Waals surface area contributed by atoms with E-state index in [9.17, 15) is 4.79 Å². The largest absolute Gasteiger partial charge is 0.425 e. The Morgan fingerprint density at radius 2 is 2.27 bits per heavy atom. The van der Waals surface area contributed by atoms with Gasteiger partial charge in [-0.2, -0.15) is 0 Å². The lowest BCUT2D eigenvalue weighted by atomic mass is 9.80. The van der Waals surface area contributed by atoms with Crippen LogP contribution in [0.5, 0.6) is 0 Å². The average molecular weight is 355 g/mol. The number of hydrogen-bond donors (Lipinski definition) is 0. The number of nitrogens with zero attached hydrogens (tertiary/aromatic N) is 5. The van der Waals surface area contributed by atoms with Crippen LogP contribution in [-0.2, 0) is 11.8 Å². The van der Waals surface area contributed by atoms with Gasteiger partial charge in [0.1, 0.15) is 5.82 Å². The van der Waals surface area contributed by atoms with Crippen molar-refractivity contribution in [3.05, 3.63) is 35.7 Å². The van der Waals surface area contributed by atoms with Gasteiger partial charge in [-0.1, -0.05) is 13.3 Å². The second-order valence-electron chi connectivity index (χ2n) is 7.55. The van der Waals surface area contributed by atoms with Crippen LogP contribution in [-0.4, -0.2) is 53.2 Å². The molecule has 0 radical (unpaired) electrons. The van der Waals surface area contributed by atoms with Crippen LogP contribution in [0.15, 0.2) is 22.7 Å². The minimum atomic E-state index is -0.184. The summed E-state index contributed by atoms with van der Waals surface area (Å²) in [7, 11) is 3.81. The first-order valence-electron chi connectivity index (χ1n) is 9.29. The van der Waals surface area contributed by atoms with Gasteiger partial charge in [0, 0.05) is 39.8 Å². The number of hydrogen-bond acceptors (Lipinski definition) is 6. The van der Waals surface area contributed by atoms with Crippen LogP contribution >= 0.6 is 0 Å². The molecule has 1 aliphatic heterocycles. The summed E-state index contributed by atoms with van der Waals surface area (Å²) in [5, 5.41) is 8.50. The SMILES string of the molecule is CCc1nnc([C@]23CCC[C@H]2CN(C(=O)c2cccnc2N(C)C)C3)o1. The fourth-order valence-electron chi connectivity index (χ4n) is 4.48. The lowest BCUT2D eigenvalue weighted by Gasteiger charge is -2.25. The van der Waals surface area contributed by atoms with E-state index >= 15 is 0 Å². The number of amides is 1. The average Bonchev–Trinajstić information content (AvgIpc) is 3.34. The van der Waals surface area contributed by atoms with E-state index in [-0.39, 0.29) is 11.3 Å². The Balaban J connectivity index is 1.64. The van der Waals surface area contributed by atoms with Crippen LogP contribution in [0.3, 0.4) is 0 Å². The van der Waals surface area contributed by atoms with E-state index in [0.29, 0.717) is 35.6 Å². The van der Waals surface area contributed by atoms with Crippen molar-refractivity contribution in [3.8, 4) is 0 Å². The first-order chi connectivity index (χ1) is 12.5. The van der Waals surface area contributed by atoms with E-state index in [1.807, 2.05) is 43.0 Å². The maximum absolute atomic E-state index is 13.2. The minimum absolute atomic E-state index is 0.0332. The van der Waals surface area contributed by atoms with Crippen LogP contribution < -0.4 is 4.90 Å². The molecule has 0 bridgehead atoms. The molecule has 1 saturated heterocycles. The second kappa shape index (κ2) is 6.37. The predicted octanol–water partition coefficient (Wildman–Crippen LogP) is 2.29. The Kier molecular flexibility index (Phi) is 4.17. The van der Waals surface area contributed by atoms with Crippen LogP contribution in [0.4, 0.5) is 5.82 Å². The number of anilines is 1. The highest BCUT2D eigenvalue weighted by atomic mass is 16.4. The van der Waals surface area contributed by atoms with Gasteiger partial charge in [0.25, 0.3) is 5.91 Å². The van der Waals surface area contributed by atoms with Crippen molar-refractivity contribution in [2.75, 3.05) is 32.1 Å². The molecule has 7 nitrogen and oxygen atoms in total. The van der Waals surface area contributed by atoms with Crippen molar-refractivity contribution < 1.29 is 9.21 Å². The smallest absolute Gasteiger partial charge is 0.257 e. The summed E-state index contributed by atoms with van der Waals surface area (Å²) in [6.07, 6.45) is 5.70. The number of fused-ring (bicyclic) bond motifs is 1. The molecule has 1 amide bonds. The summed E-state index contributed by atoms with van der Waals surface area (Å²) >= 11 is 0. The molecule has 7 heteroatoms. The van der Waals surface area contributed by atoms with Crippen molar-refractivity contribution in [1.82, 2.24) is 20.1 Å². The molecule has 3 heterocycles. The molecule has 2 fully saturated rings. The maximum Gasteiger partial charge on any atom is 0.257 e. The third-order valence-corrected chi connectivity index (χ3v) is 5.79. The van der Waals surface area contributed by atoms with Gasteiger partial charge in [0.2, 0.25) is 11.8 Å². The van der Waals surface area contributed by atoms with E-state index in [2.05, 4.69) is 15.2 Å². The molecule has 2 aromatic heterocycles. The van der Waals surface area contributed by atoms with Crippen LogP contribution in [0.25, 0.3) is 0 Å². The van der Waals surface area contributed by atoms with E-state index in [1.165, 1.54) is 0 Å². The lowest BCUT2D eigenvalue weighted by molar-refractivity contribution is 0.0776. The van der Waals surface area contributed by atoms with Crippen LogP contribution in [0, 0.1) is 5.92 Å². The monoisotopic (exact) mass is 355 g/mol. The first kappa shape index (κ1) is 17.0. The van der Waals surface area contributed by atoms with Crippen molar-refractivity contribution in [2.24, 2.45) is 5.92 Å². The number of rotatable bonds is 4. The molecule has 2 aromatic rings. The summed E-state index contributed by atoms with van der Waals surface area (Å²) in [5.74, 6) is 2.51. The lowest BCUT2D eigenvalue weighted by Crippen LogP contribution is -2.35. The molecule has 0 spiro atoms. The van der Waals surface area contributed by atoms with Crippen LogP contribution in [0.1, 0.15) is 48.3 Å². The van der Waals surface area contributed by atoms with E-state index in [1.54, 1.807) is 6.20 Å². The molecule has 2 atom stereocenters. The van der Waals surface area contributed by atoms with Gasteiger partial charge in [0.05, 0.1) is 11.0 Å². The zero-order chi connectivity index (χ0) is 18.3. The Hall–Kier alpha value is -2.44. The third kappa shape index (κ3) is 2.57. The molecule has 1 saturated carbocycles. The first-order valence-corrected chi connectivity index (χ1v) is 9.29. The summed E-state index contributed by atoms with van der Waals surface area (Å²) in [4.78, 5) is 21.4. The van der Waals surface area contributed by atoms with Gasteiger partial charge < -0.3 is 14.2 Å². The quantitative estimate of drug-likeness (QED) is 0.838. The molecule has 2 aliphatic rings. The summed E-state index contributed by atoms with van der Waals surface area (Å²) in [6, 6.07) is 3.67. The molecular formula is C19H25N5O2. The molecule has 4 rings (SSSR count). The molecule has 138 valence electrons. The molecular weight excluding hydrogens is 330 g/mol. The van der Waals surface area contributed by atoms with Gasteiger partial charge >= 0.3 is 0 Å². The van der Waals surface area contributed by atoms with Gasteiger partial charge in [0.15, 0.2) is 0 Å². The minimum Gasteiger partial charge on any atom is -0.425 e. The summed E-state index contributed by atoms with van der Waals surface area (Å²) in [5.41, 5.74) is 0.462. The molecule has 1 aliphatic carbocycles. The van der Waals surface area contributed by atoms with Crippen molar-refractivity contribution in [3.63, 3.8) is 0 Å². The van der Waals surface area contributed by atoms with Gasteiger partial charge in [-0.25, -0.2) is 4.98 Å². The van der Waals surface area contributed by atoms with Gasteiger partial charge in [-0.05, 0) is 30.9 Å². The van der Waals surface area contributed by atoms with E-state index in [0.717, 1.165) is 32.2 Å². The molecule has 0 unspecified atom stereocenters. The molecule has 0 aromatic carbocycles. The highest BCUT2D eigenvalue weighted by molar-refractivity contribution is 5.99. The zero-order valence-corrected chi connectivity index (χ0v) is 15.6. The predicted molar refractivity (Wildman–Crippen MR) is 97.2 cm³/mol. The number of aryl methyl sites for hydroxylation is 1.